The number of benzene rings is 7. The lowest BCUT2D eigenvalue weighted by Crippen LogP contribution is -2.15. The van der Waals surface area contributed by atoms with Gasteiger partial charge in [0.15, 0.2) is 5.82 Å². The minimum absolute atomic E-state index is 0.121. The molecule has 1 aromatic heterocycles. The Labute approximate surface area is 321 Å². The van der Waals surface area contributed by atoms with Crippen molar-refractivity contribution < 1.29 is 0 Å². The summed E-state index contributed by atoms with van der Waals surface area (Å²) in [6, 6.07) is 61.0. The Kier molecular flexibility index (Phi) is 7.78. The largest absolute Gasteiger partial charge is 0.228 e. The van der Waals surface area contributed by atoms with E-state index < -0.39 is 0 Å². The van der Waals surface area contributed by atoms with Crippen LogP contribution in [-0.4, -0.2) is 9.97 Å². The van der Waals surface area contributed by atoms with Gasteiger partial charge in [-0.3, -0.25) is 0 Å². The Morgan fingerprint density at radius 3 is 1.70 bits per heavy atom. The maximum atomic E-state index is 5.23. The van der Waals surface area contributed by atoms with Crippen LogP contribution in [0.4, 0.5) is 0 Å². The van der Waals surface area contributed by atoms with E-state index in [-0.39, 0.29) is 5.41 Å². The van der Waals surface area contributed by atoms with Crippen LogP contribution < -0.4 is 0 Å². The molecule has 0 radical (unpaired) electrons. The Hall–Kier alpha value is -6.29. The van der Waals surface area contributed by atoms with Crippen molar-refractivity contribution in [3.63, 3.8) is 0 Å². The van der Waals surface area contributed by atoms with Crippen molar-refractivity contribution >= 4 is 23.9 Å². The average Bonchev–Trinajstić information content (AvgIpc) is 3.44. The van der Waals surface area contributed by atoms with E-state index in [2.05, 4.69) is 184 Å². The van der Waals surface area contributed by atoms with E-state index >= 15 is 0 Å². The van der Waals surface area contributed by atoms with Gasteiger partial charge in [-0.25, -0.2) is 9.97 Å². The van der Waals surface area contributed by atoms with Crippen molar-refractivity contribution in [3.05, 3.63) is 192 Å². The van der Waals surface area contributed by atoms with E-state index in [9.17, 15) is 0 Å². The third-order valence-corrected chi connectivity index (χ3v) is 12.1. The summed E-state index contributed by atoms with van der Waals surface area (Å²) in [6.07, 6.45) is 4.55. The molecule has 0 fully saturated rings. The van der Waals surface area contributed by atoms with Crippen molar-refractivity contribution in [2.75, 3.05) is 0 Å². The van der Waals surface area contributed by atoms with Gasteiger partial charge in [-0.15, -0.1) is 0 Å². The molecule has 3 heteroatoms. The van der Waals surface area contributed by atoms with Crippen molar-refractivity contribution in [2.45, 2.75) is 29.1 Å². The van der Waals surface area contributed by atoms with Crippen LogP contribution in [0.15, 0.2) is 180 Å². The molecule has 0 saturated heterocycles. The van der Waals surface area contributed by atoms with E-state index in [1.54, 1.807) is 0 Å². The molecule has 10 rings (SSSR count). The average molecular weight is 709 g/mol. The lowest BCUT2D eigenvalue weighted by molar-refractivity contribution is 0.659. The van der Waals surface area contributed by atoms with Crippen molar-refractivity contribution in [1.29, 1.82) is 0 Å². The molecule has 256 valence electrons. The van der Waals surface area contributed by atoms with E-state index in [0.717, 1.165) is 39.2 Å². The van der Waals surface area contributed by atoms with Crippen LogP contribution in [0.3, 0.4) is 0 Å². The van der Waals surface area contributed by atoms with Gasteiger partial charge in [0.1, 0.15) is 0 Å². The molecule has 0 unspecified atom stereocenters. The summed E-state index contributed by atoms with van der Waals surface area (Å²) in [6.45, 7) is 4.72. The van der Waals surface area contributed by atoms with E-state index in [1.807, 2.05) is 23.9 Å². The Balaban J connectivity index is 1.24. The van der Waals surface area contributed by atoms with Crippen LogP contribution in [-0.2, 0) is 5.41 Å². The zero-order chi connectivity index (χ0) is 36.2. The summed E-state index contributed by atoms with van der Waals surface area (Å²) in [5.41, 5.74) is 17.3. The summed E-state index contributed by atoms with van der Waals surface area (Å²) in [5, 5.41) is 0. The minimum Gasteiger partial charge on any atom is -0.228 e. The molecule has 2 aliphatic rings. The van der Waals surface area contributed by atoms with E-state index in [4.69, 9.17) is 9.97 Å². The molecule has 7 aromatic carbocycles. The molecule has 0 amide bonds. The van der Waals surface area contributed by atoms with Crippen molar-refractivity contribution in [1.82, 2.24) is 9.97 Å². The first-order chi connectivity index (χ1) is 26.5. The Morgan fingerprint density at radius 2 is 0.981 bits per heavy atom. The predicted octanol–water partition coefficient (Wildman–Crippen LogP) is 13.8. The molecule has 54 heavy (non-hydrogen) atoms. The Morgan fingerprint density at radius 1 is 0.389 bits per heavy atom. The second-order valence-corrected chi connectivity index (χ2v) is 15.7. The smallest absolute Gasteiger partial charge is 0.160 e. The molecular formula is C51H36N2S. The highest BCUT2D eigenvalue weighted by Crippen LogP contribution is 2.53. The van der Waals surface area contributed by atoms with Crippen LogP contribution >= 0.6 is 11.8 Å². The molecule has 0 N–H and O–H groups in total. The zero-order valence-electron chi connectivity index (χ0n) is 30.1. The summed E-state index contributed by atoms with van der Waals surface area (Å²) in [5.74, 6) is 0.703. The third kappa shape index (κ3) is 5.52. The summed E-state index contributed by atoms with van der Waals surface area (Å²) >= 11 is 1.86. The first-order valence-electron chi connectivity index (χ1n) is 18.5. The second-order valence-electron chi connectivity index (χ2n) is 14.6. The van der Waals surface area contributed by atoms with Gasteiger partial charge in [0, 0.05) is 31.9 Å². The van der Waals surface area contributed by atoms with Crippen LogP contribution in [0, 0.1) is 0 Å². The fraction of sp³-hybridized carbons (Fsp3) is 0.0588. The highest BCUT2D eigenvalue weighted by molar-refractivity contribution is 7.99. The molecule has 2 heterocycles. The summed E-state index contributed by atoms with van der Waals surface area (Å²) in [4.78, 5) is 12.9. The standard InChI is InChI=1S/C51H36N2S/c1-51(2)44-23-13-11-21-39(44)42-30-43-41-29-37(50-52-46(35-16-5-3-6-17-35)32-47(53-50)36-18-7-4-8-19-36)28-27-34(41)26-25-33-15-9-10-20-38(33)40-22-12-14-24-48(40)54-49(43)31-45(42)51/h3-32H,1-2H3/b26-25-. The topological polar surface area (TPSA) is 25.8 Å². The normalized spacial score (nSPS) is 14.0. The Bertz CT molecular complexity index is 2710. The fourth-order valence-electron chi connectivity index (χ4n) is 8.15. The van der Waals surface area contributed by atoms with Crippen LogP contribution in [0.1, 0.15) is 36.1 Å². The van der Waals surface area contributed by atoms with E-state index in [1.165, 1.54) is 54.3 Å². The molecular weight excluding hydrogens is 673 g/mol. The number of aromatic nitrogens is 2. The van der Waals surface area contributed by atoms with Crippen LogP contribution in [0.25, 0.3) is 79.4 Å². The lowest BCUT2D eigenvalue weighted by Gasteiger charge is -2.23. The molecule has 0 atom stereocenters. The minimum atomic E-state index is -0.121. The molecule has 8 aromatic rings. The highest BCUT2D eigenvalue weighted by atomic mass is 32.2. The van der Waals surface area contributed by atoms with Crippen LogP contribution in [0.2, 0.25) is 0 Å². The first-order valence-corrected chi connectivity index (χ1v) is 19.3. The van der Waals surface area contributed by atoms with Crippen molar-refractivity contribution in [3.8, 4) is 67.3 Å². The van der Waals surface area contributed by atoms with Gasteiger partial charge in [-0.2, -0.15) is 0 Å². The zero-order valence-corrected chi connectivity index (χ0v) is 30.9. The summed E-state index contributed by atoms with van der Waals surface area (Å²) < 4.78 is 0. The molecule has 1 aliphatic heterocycles. The molecule has 0 bridgehead atoms. The molecule has 2 nitrogen and oxygen atoms in total. The first kappa shape index (κ1) is 32.4. The summed E-state index contributed by atoms with van der Waals surface area (Å²) in [7, 11) is 0. The molecule has 1 aliphatic carbocycles. The van der Waals surface area contributed by atoms with Gasteiger partial charge < -0.3 is 0 Å². The number of fused-ring (bicyclic) bond motifs is 9. The number of hydrogen-bond acceptors (Lipinski definition) is 3. The number of hydrogen-bond donors (Lipinski definition) is 0. The quantitative estimate of drug-likeness (QED) is 0.183. The maximum absolute atomic E-state index is 5.23. The predicted molar refractivity (Wildman–Crippen MR) is 226 cm³/mol. The molecule has 0 saturated carbocycles. The maximum Gasteiger partial charge on any atom is 0.160 e. The van der Waals surface area contributed by atoms with E-state index in [0.29, 0.717) is 5.82 Å². The monoisotopic (exact) mass is 708 g/mol. The number of nitrogens with zero attached hydrogens (tertiary/aromatic N) is 2. The van der Waals surface area contributed by atoms with Gasteiger partial charge in [0.05, 0.1) is 11.4 Å². The van der Waals surface area contributed by atoms with Gasteiger partial charge in [-0.1, -0.05) is 177 Å². The van der Waals surface area contributed by atoms with Gasteiger partial charge in [0.2, 0.25) is 0 Å². The van der Waals surface area contributed by atoms with Crippen molar-refractivity contribution in [2.24, 2.45) is 0 Å². The second kappa shape index (κ2) is 13.0. The lowest BCUT2D eigenvalue weighted by atomic mass is 9.82. The van der Waals surface area contributed by atoms with Gasteiger partial charge in [-0.05, 0) is 86.0 Å². The van der Waals surface area contributed by atoms with Gasteiger partial charge >= 0.3 is 0 Å². The fourth-order valence-corrected chi connectivity index (χ4v) is 9.28. The molecule has 0 spiro atoms. The third-order valence-electron chi connectivity index (χ3n) is 11.0. The van der Waals surface area contributed by atoms with Gasteiger partial charge in [0.25, 0.3) is 0 Å². The van der Waals surface area contributed by atoms with Crippen LogP contribution in [0.5, 0.6) is 0 Å². The SMILES string of the molecule is CC1(C)c2ccccc2-c2cc3c(cc21)Sc1ccccc1-c1ccccc1/C=C\c1ccc(-c2nc(-c4ccccc4)cc(-c4ccccc4)n2)cc1-3. The number of rotatable bonds is 3. The highest BCUT2D eigenvalue weighted by Gasteiger charge is 2.36.